The lowest BCUT2D eigenvalue weighted by atomic mass is 10.0. The van der Waals surface area contributed by atoms with E-state index in [0.717, 1.165) is 19.3 Å². The highest BCUT2D eigenvalue weighted by Gasteiger charge is 2.35. The summed E-state index contributed by atoms with van der Waals surface area (Å²) in [6.07, 6.45) is 4.02. The first-order chi connectivity index (χ1) is 10.1. The Morgan fingerprint density at radius 1 is 1.38 bits per heavy atom. The molecule has 114 valence electrons. The molecule has 1 heterocycles. The summed E-state index contributed by atoms with van der Waals surface area (Å²) in [5.41, 5.74) is 6.70. The molecule has 0 spiro atoms. The number of aryl methyl sites for hydroxylation is 1. The topological polar surface area (TPSA) is 63.4 Å². The number of likely N-dealkylation sites (tertiary alicyclic amines) is 1. The maximum absolute atomic E-state index is 12.1. The summed E-state index contributed by atoms with van der Waals surface area (Å²) in [6, 6.07) is 9.52. The SMILES string of the molecule is CCCC1CC(=O)N(C(CCc2ccccc2)C(N)=O)C1. The molecule has 0 saturated carbocycles. The molecular weight excluding hydrogens is 264 g/mol. The first-order valence-corrected chi connectivity index (χ1v) is 7.74. The van der Waals surface area contributed by atoms with Crippen LogP contribution in [0.3, 0.4) is 0 Å². The molecule has 0 bridgehead atoms. The molecule has 2 rings (SSSR count). The van der Waals surface area contributed by atoms with Gasteiger partial charge in [-0.15, -0.1) is 0 Å². The second kappa shape index (κ2) is 7.25. The second-order valence-electron chi connectivity index (χ2n) is 5.85. The molecule has 1 aromatic carbocycles. The van der Waals surface area contributed by atoms with Crippen molar-refractivity contribution >= 4 is 11.8 Å². The zero-order chi connectivity index (χ0) is 15.2. The van der Waals surface area contributed by atoms with Crippen LogP contribution in [-0.2, 0) is 16.0 Å². The molecule has 4 heteroatoms. The monoisotopic (exact) mass is 288 g/mol. The molecular formula is C17H24N2O2. The minimum Gasteiger partial charge on any atom is -0.368 e. The summed E-state index contributed by atoms with van der Waals surface area (Å²) in [5.74, 6) is 0.0582. The van der Waals surface area contributed by atoms with Crippen molar-refractivity contribution in [3.8, 4) is 0 Å². The Hall–Kier alpha value is -1.84. The third-order valence-corrected chi connectivity index (χ3v) is 4.19. The molecule has 1 saturated heterocycles. The number of amides is 2. The maximum atomic E-state index is 12.1. The van der Waals surface area contributed by atoms with Crippen LogP contribution in [0.5, 0.6) is 0 Å². The van der Waals surface area contributed by atoms with E-state index in [1.54, 1.807) is 4.90 Å². The van der Waals surface area contributed by atoms with Crippen LogP contribution < -0.4 is 5.73 Å². The summed E-state index contributed by atoms with van der Waals surface area (Å²) in [4.78, 5) is 25.6. The Bertz CT molecular complexity index is 487. The average Bonchev–Trinajstić information content (AvgIpc) is 2.81. The Morgan fingerprint density at radius 3 is 2.71 bits per heavy atom. The lowest BCUT2D eigenvalue weighted by molar-refractivity contribution is -0.136. The summed E-state index contributed by atoms with van der Waals surface area (Å²) >= 11 is 0. The van der Waals surface area contributed by atoms with Gasteiger partial charge in [0.25, 0.3) is 0 Å². The van der Waals surface area contributed by atoms with Crippen molar-refractivity contribution in [2.24, 2.45) is 11.7 Å². The highest BCUT2D eigenvalue weighted by Crippen LogP contribution is 2.25. The molecule has 21 heavy (non-hydrogen) atoms. The molecule has 2 unspecified atom stereocenters. The zero-order valence-corrected chi connectivity index (χ0v) is 12.6. The minimum atomic E-state index is -0.473. The van der Waals surface area contributed by atoms with Gasteiger partial charge in [-0.3, -0.25) is 9.59 Å². The predicted octanol–water partition coefficient (Wildman–Crippen LogP) is 2.12. The maximum Gasteiger partial charge on any atom is 0.240 e. The molecule has 2 atom stereocenters. The third kappa shape index (κ3) is 4.06. The quantitative estimate of drug-likeness (QED) is 0.835. The van der Waals surface area contributed by atoms with Crippen molar-refractivity contribution in [3.05, 3.63) is 35.9 Å². The molecule has 1 aliphatic rings. The van der Waals surface area contributed by atoms with Gasteiger partial charge in [0.2, 0.25) is 11.8 Å². The van der Waals surface area contributed by atoms with E-state index in [4.69, 9.17) is 5.73 Å². The van der Waals surface area contributed by atoms with E-state index >= 15 is 0 Å². The third-order valence-electron chi connectivity index (χ3n) is 4.19. The summed E-state index contributed by atoms with van der Waals surface area (Å²) in [5, 5.41) is 0. The van der Waals surface area contributed by atoms with Crippen molar-refractivity contribution in [1.82, 2.24) is 4.90 Å². The molecule has 2 N–H and O–H groups in total. The van der Waals surface area contributed by atoms with Gasteiger partial charge in [0.1, 0.15) is 6.04 Å². The van der Waals surface area contributed by atoms with Crippen molar-refractivity contribution < 1.29 is 9.59 Å². The number of carbonyl (C=O) groups excluding carboxylic acids is 2. The van der Waals surface area contributed by atoms with E-state index < -0.39 is 11.9 Å². The fourth-order valence-electron chi connectivity index (χ4n) is 3.11. The Balaban J connectivity index is 1.99. The van der Waals surface area contributed by atoms with Crippen LogP contribution in [0.15, 0.2) is 30.3 Å². The van der Waals surface area contributed by atoms with Crippen molar-refractivity contribution in [1.29, 1.82) is 0 Å². The van der Waals surface area contributed by atoms with Gasteiger partial charge in [-0.1, -0.05) is 43.7 Å². The molecule has 0 aliphatic carbocycles. The standard InChI is InChI=1S/C17H24N2O2/c1-2-6-14-11-16(20)19(12-14)15(17(18)21)10-9-13-7-4-3-5-8-13/h3-5,7-8,14-15H,2,6,9-12H2,1H3,(H2,18,21). The second-order valence-corrected chi connectivity index (χ2v) is 5.85. The van der Waals surface area contributed by atoms with Crippen LogP contribution in [0.25, 0.3) is 0 Å². The van der Waals surface area contributed by atoms with Crippen molar-refractivity contribution in [3.63, 3.8) is 0 Å². The fraction of sp³-hybridized carbons (Fsp3) is 0.529. The number of nitrogens with zero attached hydrogens (tertiary/aromatic N) is 1. The minimum absolute atomic E-state index is 0.0744. The molecule has 0 aromatic heterocycles. The smallest absolute Gasteiger partial charge is 0.240 e. The largest absolute Gasteiger partial charge is 0.368 e. The zero-order valence-electron chi connectivity index (χ0n) is 12.6. The highest BCUT2D eigenvalue weighted by molar-refractivity contribution is 5.87. The summed E-state index contributed by atoms with van der Waals surface area (Å²) < 4.78 is 0. The van der Waals surface area contributed by atoms with Gasteiger partial charge in [0, 0.05) is 13.0 Å². The number of nitrogens with two attached hydrogens (primary N) is 1. The first kappa shape index (κ1) is 15.5. The molecule has 1 fully saturated rings. The number of primary amides is 1. The average molecular weight is 288 g/mol. The first-order valence-electron chi connectivity index (χ1n) is 7.74. The number of carbonyl (C=O) groups is 2. The van der Waals surface area contributed by atoms with Crippen LogP contribution in [-0.4, -0.2) is 29.3 Å². The van der Waals surface area contributed by atoms with E-state index in [9.17, 15) is 9.59 Å². The lowest BCUT2D eigenvalue weighted by Gasteiger charge is -2.25. The van der Waals surface area contributed by atoms with E-state index in [1.807, 2.05) is 30.3 Å². The molecule has 1 aliphatic heterocycles. The van der Waals surface area contributed by atoms with Gasteiger partial charge in [0.05, 0.1) is 0 Å². The summed E-state index contributed by atoms with van der Waals surface area (Å²) in [7, 11) is 0. The van der Waals surface area contributed by atoms with E-state index in [-0.39, 0.29) is 5.91 Å². The molecule has 0 radical (unpaired) electrons. The van der Waals surface area contributed by atoms with Crippen LogP contribution in [0.1, 0.15) is 38.2 Å². The number of benzene rings is 1. The van der Waals surface area contributed by atoms with Gasteiger partial charge >= 0.3 is 0 Å². The van der Waals surface area contributed by atoms with Crippen LogP contribution >= 0.6 is 0 Å². The molecule has 1 aromatic rings. The van der Waals surface area contributed by atoms with Gasteiger partial charge in [0.15, 0.2) is 0 Å². The van der Waals surface area contributed by atoms with Crippen LogP contribution in [0, 0.1) is 5.92 Å². The van der Waals surface area contributed by atoms with E-state index in [1.165, 1.54) is 5.56 Å². The Labute approximate surface area is 126 Å². The molecule has 2 amide bonds. The number of rotatable bonds is 7. The fourth-order valence-corrected chi connectivity index (χ4v) is 3.11. The Kier molecular flexibility index (Phi) is 5.37. The van der Waals surface area contributed by atoms with Gasteiger partial charge in [-0.2, -0.15) is 0 Å². The predicted molar refractivity (Wildman–Crippen MR) is 82.5 cm³/mol. The molecule has 4 nitrogen and oxygen atoms in total. The van der Waals surface area contributed by atoms with Gasteiger partial charge < -0.3 is 10.6 Å². The van der Waals surface area contributed by atoms with Crippen LogP contribution in [0.2, 0.25) is 0 Å². The lowest BCUT2D eigenvalue weighted by Crippen LogP contribution is -2.45. The van der Waals surface area contributed by atoms with Crippen molar-refractivity contribution in [2.75, 3.05) is 6.54 Å². The van der Waals surface area contributed by atoms with Gasteiger partial charge in [-0.05, 0) is 30.7 Å². The van der Waals surface area contributed by atoms with E-state index in [0.29, 0.717) is 25.3 Å². The number of hydrogen-bond acceptors (Lipinski definition) is 2. The normalized spacial score (nSPS) is 19.8. The van der Waals surface area contributed by atoms with Crippen molar-refractivity contribution in [2.45, 2.75) is 45.1 Å². The van der Waals surface area contributed by atoms with Crippen LogP contribution in [0.4, 0.5) is 0 Å². The Morgan fingerprint density at radius 2 is 2.10 bits per heavy atom. The van der Waals surface area contributed by atoms with Gasteiger partial charge in [-0.25, -0.2) is 0 Å². The highest BCUT2D eigenvalue weighted by atomic mass is 16.2. The number of hydrogen-bond donors (Lipinski definition) is 1. The van der Waals surface area contributed by atoms with E-state index in [2.05, 4.69) is 6.92 Å². The summed E-state index contributed by atoms with van der Waals surface area (Å²) in [6.45, 7) is 2.79.